The zero-order valence-electron chi connectivity index (χ0n) is 31.8. The number of carbonyl (C=O) groups is 2. The van der Waals surface area contributed by atoms with Crippen LogP contribution < -0.4 is 64.2 Å². The first-order valence-electron chi connectivity index (χ1n) is 19.6. The topological polar surface area (TPSA) is 135 Å². The molecule has 0 fully saturated rings. The molecule has 0 aromatic heterocycles. The molecular formula is C38H72Na2O7S. The van der Waals surface area contributed by atoms with Gasteiger partial charge in [-0.1, -0.05) is 212 Å². The van der Waals surface area contributed by atoms with Gasteiger partial charge in [-0.3, -0.25) is 4.79 Å². The summed E-state index contributed by atoms with van der Waals surface area (Å²) in [6, 6.07) is 0. The first-order valence-corrected chi connectivity index (χ1v) is 21.0. The molecule has 0 heterocycles. The van der Waals surface area contributed by atoms with E-state index in [-0.39, 0.29) is 65.5 Å². The van der Waals surface area contributed by atoms with Gasteiger partial charge in [-0.15, -0.1) is 0 Å². The molecule has 0 saturated heterocycles. The Kier molecular flexibility index (Phi) is 41.7. The Balaban J connectivity index is -0.0000101. The number of hydrogen-bond acceptors (Lipinski definition) is 6. The van der Waals surface area contributed by atoms with Gasteiger partial charge in [-0.2, -0.15) is 0 Å². The number of carboxylic acid groups (broad SMARTS) is 2. The van der Waals surface area contributed by atoms with E-state index in [2.05, 4.69) is 6.92 Å². The molecule has 0 rings (SSSR count). The number of rotatable bonds is 37. The summed E-state index contributed by atoms with van der Waals surface area (Å²) in [5.74, 6) is -3.76. The summed E-state index contributed by atoms with van der Waals surface area (Å²) in [7, 11) is -5.35. The van der Waals surface area contributed by atoms with E-state index < -0.39 is 39.6 Å². The van der Waals surface area contributed by atoms with Crippen molar-refractivity contribution in [2.45, 2.75) is 230 Å². The van der Waals surface area contributed by atoms with Gasteiger partial charge in [0, 0.05) is 0 Å². The van der Waals surface area contributed by atoms with Crippen LogP contribution in [0.2, 0.25) is 0 Å². The number of hydrogen-bond donors (Lipinski definition) is 1. The first-order chi connectivity index (χ1) is 22.2. The summed E-state index contributed by atoms with van der Waals surface area (Å²) < 4.78 is 31.6. The van der Waals surface area contributed by atoms with Crippen LogP contribution in [0.1, 0.15) is 225 Å². The van der Waals surface area contributed by atoms with Crippen molar-refractivity contribution >= 4 is 22.1 Å². The Bertz CT molecular complexity index is 826. The maximum absolute atomic E-state index is 11.5. The molecule has 0 saturated carbocycles. The quantitative estimate of drug-likeness (QED) is 0.0572. The molecule has 274 valence electrons. The third-order valence-corrected chi connectivity index (χ3v) is 11.2. The number of unbranched alkanes of at least 4 members (excludes halogenated alkanes) is 31. The van der Waals surface area contributed by atoms with Gasteiger partial charge >= 0.3 is 65.1 Å². The molecule has 1 unspecified atom stereocenters. The van der Waals surface area contributed by atoms with Gasteiger partial charge < -0.3 is 19.6 Å². The Morgan fingerprint density at radius 3 is 0.854 bits per heavy atom. The smallest absolute Gasteiger partial charge is 0.747 e. The van der Waals surface area contributed by atoms with E-state index in [4.69, 9.17) is 5.11 Å². The van der Waals surface area contributed by atoms with Crippen molar-refractivity contribution in [3.05, 3.63) is 0 Å². The molecule has 0 aliphatic carbocycles. The second-order valence-electron chi connectivity index (χ2n) is 14.0. The van der Waals surface area contributed by atoms with Gasteiger partial charge in [0.25, 0.3) is 0 Å². The largest absolute Gasteiger partial charge is 1.00 e. The molecule has 0 aromatic carbocycles. The molecular weight excluding hydrogens is 646 g/mol. The molecule has 0 aliphatic heterocycles. The maximum Gasteiger partial charge on any atom is 1.00 e. The first kappa shape index (κ1) is 53.2. The number of carboxylic acids is 2. The van der Waals surface area contributed by atoms with Crippen molar-refractivity contribution in [3.8, 4) is 0 Å². The van der Waals surface area contributed by atoms with E-state index in [9.17, 15) is 27.7 Å². The van der Waals surface area contributed by atoms with E-state index in [0.717, 1.165) is 25.7 Å². The Morgan fingerprint density at radius 1 is 0.479 bits per heavy atom. The molecule has 0 aliphatic rings. The van der Waals surface area contributed by atoms with Crippen LogP contribution in [0.5, 0.6) is 0 Å². The molecule has 0 amide bonds. The fraction of sp³-hybridized carbons (Fsp3) is 0.947. The summed E-state index contributed by atoms with van der Waals surface area (Å²) in [6.45, 7) is 2.29. The third-order valence-electron chi connectivity index (χ3n) is 9.72. The Morgan fingerprint density at radius 2 is 0.688 bits per heavy atom. The minimum Gasteiger partial charge on any atom is -0.747 e. The zero-order valence-corrected chi connectivity index (χ0v) is 36.7. The van der Waals surface area contributed by atoms with Gasteiger partial charge in [0.2, 0.25) is 0 Å². The van der Waals surface area contributed by atoms with Crippen molar-refractivity contribution < 1.29 is 91.9 Å². The summed E-state index contributed by atoms with van der Waals surface area (Å²) in [5, 5.41) is 20.2. The van der Waals surface area contributed by atoms with Gasteiger partial charge in [0.15, 0.2) is 0 Å². The minimum atomic E-state index is -5.35. The van der Waals surface area contributed by atoms with Crippen molar-refractivity contribution in [1.82, 2.24) is 0 Å². The zero-order chi connectivity index (χ0) is 34.2. The standard InChI is InChI=1S/C38H74O7S.2Na/c1-2-3-4-5-6-7-8-9-10-11-12-13-14-15-16-17-18-19-20-21-22-23-24-25-26-27-28-29-30-31-32-33-34-38(37(41)42,35-36(39)40)46(43,44)45;;/h2-35H2,1H3,(H,39,40)(H,41,42)(H,43,44,45);;/q;2*+1/p-2. The van der Waals surface area contributed by atoms with E-state index >= 15 is 0 Å². The predicted molar refractivity (Wildman–Crippen MR) is 188 cm³/mol. The normalized spacial score (nSPS) is 12.6. The number of aliphatic carboxylic acids is 2. The van der Waals surface area contributed by atoms with Crippen LogP contribution in [-0.4, -0.2) is 34.8 Å². The minimum absolute atomic E-state index is 0. The number of carbonyl (C=O) groups excluding carboxylic acids is 1. The molecule has 10 heteroatoms. The molecule has 7 nitrogen and oxygen atoms in total. The molecule has 0 spiro atoms. The summed E-state index contributed by atoms with van der Waals surface area (Å²) in [5.41, 5.74) is 0. The SMILES string of the molecule is CCCCCCCCCCCCCCCCCCCCCCCCCCCCCCCCCCC(CC(=O)O)(C(=O)[O-])S(=O)(=O)[O-].[Na+].[Na+]. The summed E-state index contributed by atoms with van der Waals surface area (Å²) in [6.07, 6.45) is 39.2. The van der Waals surface area contributed by atoms with Crippen LogP contribution in [0.25, 0.3) is 0 Å². The molecule has 0 aromatic rings. The molecule has 1 N–H and O–H groups in total. The monoisotopic (exact) mass is 718 g/mol. The van der Waals surface area contributed by atoms with Crippen molar-refractivity contribution in [3.63, 3.8) is 0 Å². The second-order valence-corrected chi connectivity index (χ2v) is 15.7. The Labute approximate surface area is 341 Å². The fourth-order valence-electron chi connectivity index (χ4n) is 6.61. The van der Waals surface area contributed by atoms with Crippen LogP contribution in [0, 0.1) is 0 Å². The average Bonchev–Trinajstić information content (AvgIpc) is 3.00. The van der Waals surface area contributed by atoms with E-state index in [1.165, 1.54) is 167 Å². The maximum atomic E-state index is 11.5. The van der Waals surface area contributed by atoms with Crippen LogP contribution >= 0.6 is 0 Å². The van der Waals surface area contributed by atoms with Crippen LogP contribution in [0.15, 0.2) is 0 Å². The second kappa shape index (κ2) is 37.6. The molecule has 48 heavy (non-hydrogen) atoms. The average molecular weight is 719 g/mol. The Hall–Kier alpha value is 0.850. The molecule has 0 bridgehead atoms. The predicted octanol–water partition coefficient (Wildman–Crippen LogP) is 4.40. The fourth-order valence-corrected chi connectivity index (χ4v) is 7.51. The molecule has 1 atom stereocenters. The van der Waals surface area contributed by atoms with Gasteiger partial charge in [-0.25, -0.2) is 8.42 Å². The van der Waals surface area contributed by atoms with Crippen molar-refractivity contribution in [2.24, 2.45) is 0 Å². The van der Waals surface area contributed by atoms with Crippen LogP contribution in [0.4, 0.5) is 0 Å². The van der Waals surface area contributed by atoms with Crippen molar-refractivity contribution in [2.75, 3.05) is 0 Å². The summed E-state index contributed by atoms with van der Waals surface area (Å²) >= 11 is 0. The van der Waals surface area contributed by atoms with Gasteiger partial charge in [0.1, 0.15) is 14.9 Å². The van der Waals surface area contributed by atoms with E-state index in [0.29, 0.717) is 6.42 Å². The third kappa shape index (κ3) is 31.6. The van der Waals surface area contributed by atoms with Gasteiger partial charge in [-0.05, 0) is 6.42 Å². The van der Waals surface area contributed by atoms with E-state index in [1.807, 2.05) is 0 Å². The van der Waals surface area contributed by atoms with Crippen LogP contribution in [-0.2, 0) is 19.7 Å². The summed E-state index contributed by atoms with van der Waals surface area (Å²) in [4.78, 5) is 22.3. The van der Waals surface area contributed by atoms with Crippen LogP contribution in [0.3, 0.4) is 0 Å². The van der Waals surface area contributed by atoms with Crippen molar-refractivity contribution in [1.29, 1.82) is 0 Å². The molecule has 0 radical (unpaired) electrons. The van der Waals surface area contributed by atoms with Gasteiger partial charge in [0.05, 0.1) is 12.4 Å². The van der Waals surface area contributed by atoms with E-state index in [1.54, 1.807) is 0 Å².